The summed E-state index contributed by atoms with van der Waals surface area (Å²) in [5, 5.41) is 2.95. The molecule has 2 aliphatic heterocycles. The van der Waals surface area contributed by atoms with Crippen molar-refractivity contribution in [2.45, 2.75) is 32.2 Å². The number of amides is 1. The lowest BCUT2D eigenvalue weighted by Crippen LogP contribution is -2.49. The van der Waals surface area contributed by atoms with Gasteiger partial charge in [-0.2, -0.15) is 0 Å². The van der Waals surface area contributed by atoms with E-state index in [1.54, 1.807) is 23.6 Å². The lowest BCUT2D eigenvalue weighted by atomic mass is 9.82. The van der Waals surface area contributed by atoms with E-state index in [2.05, 4.69) is 16.0 Å². The molecule has 6 nitrogen and oxygen atoms in total. The van der Waals surface area contributed by atoms with Crippen LogP contribution in [0, 0.1) is 12.8 Å². The van der Waals surface area contributed by atoms with E-state index >= 15 is 0 Å². The SMILES string of the molecule is Cc1nc(CC(=O)N2C[C@@H]3C[C@H](C2)c2cc(-c4ccccn4)cc(=O)n2C3)cs1. The second-order valence-corrected chi connectivity index (χ2v) is 9.03. The van der Waals surface area contributed by atoms with Crippen molar-refractivity contribution in [2.75, 3.05) is 13.1 Å². The molecular formula is C22H22N4O2S. The first-order valence-corrected chi connectivity index (χ1v) is 10.8. The largest absolute Gasteiger partial charge is 0.341 e. The molecule has 2 atom stereocenters. The Kier molecular flexibility index (Phi) is 4.54. The number of hydrogen-bond donors (Lipinski definition) is 0. The first-order chi connectivity index (χ1) is 14.1. The molecule has 1 amide bonds. The predicted octanol–water partition coefficient (Wildman–Crippen LogP) is 2.86. The average Bonchev–Trinajstić information content (AvgIpc) is 3.13. The van der Waals surface area contributed by atoms with E-state index in [1.165, 1.54) is 0 Å². The van der Waals surface area contributed by atoms with Crippen molar-refractivity contribution in [3.8, 4) is 11.3 Å². The summed E-state index contributed by atoms with van der Waals surface area (Å²) >= 11 is 1.58. The lowest BCUT2D eigenvalue weighted by Gasteiger charge is -2.43. The third-order valence-corrected chi connectivity index (χ3v) is 6.69. The molecule has 0 spiro atoms. The van der Waals surface area contributed by atoms with Crippen molar-refractivity contribution in [2.24, 2.45) is 5.92 Å². The molecule has 1 saturated heterocycles. The molecule has 29 heavy (non-hydrogen) atoms. The van der Waals surface area contributed by atoms with Crippen LogP contribution in [-0.2, 0) is 17.8 Å². The highest BCUT2D eigenvalue weighted by atomic mass is 32.1. The van der Waals surface area contributed by atoms with Gasteiger partial charge in [0, 0.05) is 54.5 Å². The van der Waals surface area contributed by atoms with Crippen LogP contribution in [0.15, 0.2) is 46.7 Å². The minimum atomic E-state index is 0.0237. The van der Waals surface area contributed by atoms with Gasteiger partial charge in [0.05, 0.1) is 22.8 Å². The van der Waals surface area contributed by atoms with Gasteiger partial charge in [0.25, 0.3) is 5.56 Å². The molecule has 3 aromatic rings. The third kappa shape index (κ3) is 3.51. The predicted molar refractivity (Wildman–Crippen MR) is 112 cm³/mol. The molecule has 5 rings (SSSR count). The number of carbonyl (C=O) groups excluding carboxylic acids is 1. The smallest absolute Gasteiger partial charge is 0.251 e. The Bertz CT molecular complexity index is 1120. The maximum atomic E-state index is 12.9. The molecule has 5 heterocycles. The number of piperidine rings is 1. The Hall–Kier alpha value is -2.80. The van der Waals surface area contributed by atoms with Gasteiger partial charge >= 0.3 is 0 Å². The van der Waals surface area contributed by atoms with Crippen LogP contribution in [-0.4, -0.2) is 38.4 Å². The van der Waals surface area contributed by atoms with Gasteiger partial charge in [0.1, 0.15) is 0 Å². The molecule has 1 fully saturated rings. The highest BCUT2D eigenvalue weighted by Crippen LogP contribution is 2.36. The standard InChI is InChI=1S/C22H22N4O2S/c1-14-24-18(13-29-14)9-21(27)25-10-15-6-17(12-25)20-7-16(8-22(28)26(20)11-15)19-4-2-3-5-23-19/h2-5,7-8,13,15,17H,6,9-12H2,1H3/t15-,17+/m0/s1. The maximum Gasteiger partial charge on any atom is 0.251 e. The molecular weight excluding hydrogens is 384 g/mol. The summed E-state index contributed by atoms with van der Waals surface area (Å²) < 4.78 is 1.90. The summed E-state index contributed by atoms with van der Waals surface area (Å²) in [4.78, 5) is 36.5. The number of aryl methyl sites for hydroxylation is 1. The van der Waals surface area contributed by atoms with Crippen molar-refractivity contribution in [3.63, 3.8) is 0 Å². The Balaban J connectivity index is 1.42. The summed E-state index contributed by atoms with van der Waals surface area (Å²) in [7, 11) is 0. The minimum Gasteiger partial charge on any atom is -0.341 e. The number of fused-ring (bicyclic) bond motifs is 4. The second kappa shape index (κ2) is 7.22. The van der Waals surface area contributed by atoms with Crippen LogP contribution in [0.2, 0.25) is 0 Å². The number of rotatable bonds is 3. The van der Waals surface area contributed by atoms with Crippen molar-refractivity contribution in [1.29, 1.82) is 0 Å². The van der Waals surface area contributed by atoms with Crippen LogP contribution in [0.5, 0.6) is 0 Å². The molecule has 3 aromatic heterocycles. The highest BCUT2D eigenvalue weighted by molar-refractivity contribution is 7.09. The maximum absolute atomic E-state index is 12.9. The average molecular weight is 407 g/mol. The van der Waals surface area contributed by atoms with E-state index < -0.39 is 0 Å². The summed E-state index contributed by atoms with van der Waals surface area (Å²) in [6.07, 6.45) is 3.11. The van der Waals surface area contributed by atoms with E-state index in [1.807, 2.05) is 40.0 Å². The van der Waals surface area contributed by atoms with Crippen LogP contribution in [0.3, 0.4) is 0 Å². The monoisotopic (exact) mass is 406 g/mol. The molecule has 0 radical (unpaired) electrons. The molecule has 0 saturated carbocycles. The topological polar surface area (TPSA) is 68.1 Å². The number of aromatic nitrogens is 3. The first-order valence-electron chi connectivity index (χ1n) is 9.92. The fourth-order valence-electron chi connectivity index (χ4n) is 4.60. The molecule has 0 N–H and O–H groups in total. The Morgan fingerprint density at radius 2 is 2.14 bits per heavy atom. The van der Waals surface area contributed by atoms with E-state index in [0.29, 0.717) is 32.0 Å². The number of carbonyl (C=O) groups is 1. The van der Waals surface area contributed by atoms with Crippen LogP contribution < -0.4 is 5.56 Å². The normalized spacial score (nSPS) is 20.4. The molecule has 2 aliphatic rings. The molecule has 148 valence electrons. The van der Waals surface area contributed by atoms with E-state index in [9.17, 15) is 9.59 Å². The van der Waals surface area contributed by atoms with Gasteiger partial charge in [-0.1, -0.05) is 6.07 Å². The van der Waals surface area contributed by atoms with Crippen molar-refractivity contribution in [3.05, 3.63) is 68.7 Å². The van der Waals surface area contributed by atoms with Crippen LogP contribution in [0.25, 0.3) is 11.3 Å². The quantitative estimate of drug-likeness (QED) is 0.671. The zero-order valence-corrected chi connectivity index (χ0v) is 17.1. The van der Waals surface area contributed by atoms with Gasteiger partial charge in [0.15, 0.2) is 0 Å². The number of hydrogen-bond acceptors (Lipinski definition) is 5. The molecule has 2 bridgehead atoms. The molecule has 0 aromatic carbocycles. The minimum absolute atomic E-state index is 0.0237. The van der Waals surface area contributed by atoms with Gasteiger partial charge in [-0.25, -0.2) is 4.98 Å². The van der Waals surface area contributed by atoms with E-state index in [4.69, 9.17) is 0 Å². The van der Waals surface area contributed by atoms with Gasteiger partial charge < -0.3 is 9.47 Å². The fraction of sp³-hybridized carbons (Fsp3) is 0.364. The zero-order valence-electron chi connectivity index (χ0n) is 16.2. The van der Waals surface area contributed by atoms with E-state index in [0.717, 1.165) is 34.1 Å². The molecule has 0 aliphatic carbocycles. The molecule has 0 unspecified atom stereocenters. The highest BCUT2D eigenvalue weighted by Gasteiger charge is 2.36. The van der Waals surface area contributed by atoms with Crippen LogP contribution in [0.1, 0.15) is 28.7 Å². The summed E-state index contributed by atoms with van der Waals surface area (Å²) in [6.45, 7) is 4.00. The summed E-state index contributed by atoms with van der Waals surface area (Å²) in [6, 6.07) is 9.48. The van der Waals surface area contributed by atoms with E-state index in [-0.39, 0.29) is 17.4 Å². The van der Waals surface area contributed by atoms with Gasteiger partial charge in [-0.05, 0) is 37.5 Å². The lowest BCUT2D eigenvalue weighted by molar-refractivity contribution is -0.133. The van der Waals surface area contributed by atoms with Crippen molar-refractivity contribution in [1.82, 2.24) is 19.4 Å². The van der Waals surface area contributed by atoms with Gasteiger partial charge in [-0.3, -0.25) is 14.6 Å². The van der Waals surface area contributed by atoms with Crippen LogP contribution in [0.4, 0.5) is 0 Å². The molecule has 7 heteroatoms. The second-order valence-electron chi connectivity index (χ2n) is 7.96. The van der Waals surface area contributed by atoms with Gasteiger partial charge in [-0.15, -0.1) is 11.3 Å². The number of pyridine rings is 2. The first kappa shape index (κ1) is 18.2. The fourth-order valence-corrected chi connectivity index (χ4v) is 5.21. The Labute approximate surface area is 172 Å². The summed E-state index contributed by atoms with van der Waals surface area (Å²) in [5.74, 6) is 0.627. The number of thiazole rings is 1. The third-order valence-electron chi connectivity index (χ3n) is 5.87. The summed E-state index contributed by atoms with van der Waals surface area (Å²) in [5.41, 5.74) is 3.55. The van der Waals surface area contributed by atoms with Crippen LogP contribution >= 0.6 is 11.3 Å². The van der Waals surface area contributed by atoms with Gasteiger partial charge in [0.2, 0.25) is 5.91 Å². The number of nitrogens with zero attached hydrogens (tertiary/aromatic N) is 4. The Morgan fingerprint density at radius 3 is 2.90 bits per heavy atom. The van der Waals surface area contributed by atoms with Crippen molar-refractivity contribution < 1.29 is 4.79 Å². The zero-order chi connectivity index (χ0) is 20.0. The number of likely N-dealkylation sites (tertiary alicyclic amines) is 1. The Morgan fingerprint density at radius 1 is 1.24 bits per heavy atom. The van der Waals surface area contributed by atoms with Crippen molar-refractivity contribution >= 4 is 17.2 Å².